The highest BCUT2D eigenvalue weighted by Gasteiger charge is 2.60. The van der Waals surface area contributed by atoms with Crippen molar-refractivity contribution in [3.8, 4) is 0 Å². The normalized spacial score (nSPS) is 41.8. The van der Waals surface area contributed by atoms with Crippen LogP contribution >= 0.6 is 0 Å². The van der Waals surface area contributed by atoms with Crippen molar-refractivity contribution < 1.29 is 18.6 Å². The molecule has 3 saturated heterocycles. The first-order valence-electron chi connectivity index (χ1n) is 10.8. The van der Waals surface area contributed by atoms with Gasteiger partial charge in [0.1, 0.15) is 0 Å². The summed E-state index contributed by atoms with van der Waals surface area (Å²) in [5.41, 5.74) is -1.10. The van der Waals surface area contributed by atoms with Gasteiger partial charge in [-0.2, -0.15) is 0 Å². The molecule has 0 bridgehead atoms. The minimum Gasteiger partial charge on any atom is -0.403 e. The van der Waals surface area contributed by atoms with E-state index in [-0.39, 0.29) is 42.6 Å². The van der Waals surface area contributed by atoms with E-state index in [4.69, 9.17) is 18.6 Å². The fourth-order valence-electron chi connectivity index (χ4n) is 5.10. The summed E-state index contributed by atoms with van der Waals surface area (Å²) in [4.78, 5) is 0. The number of hydrogen-bond acceptors (Lipinski definition) is 5. The second-order valence-corrected chi connectivity index (χ2v) is 11.1. The lowest BCUT2D eigenvalue weighted by Crippen LogP contribution is -2.48. The molecule has 7 heteroatoms. The molecule has 1 aliphatic carbocycles. The van der Waals surface area contributed by atoms with Crippen LogP contribution in [-0.2, 0) is 18.6 Å². The SMILES string of the molecule is CC1(C)OB(C2CC3CCCC(B4OC(C)(C)C(C)(C)O4)C3N2)OC1(C)C. The predicted molar refractivity (Wildman–Crippen MR) is 109 cm³/mol. The van der Waals surface area contributed by atoms with Gasteiger partial charge in [0, 0.05) is 17.8 Å². The first-order valence-corrected chi connectivity index (χ1v) is 10.8. The van der Waals surface area contributed by atoms with E-state index in [1.54, 1.807) is 0 Å². The van der Waals surface area contributed by atoms with Gasteiger partial charge in [-0.05, 0) is 74.1 Å². The molecule has 0 aromatic rings. The average molecular weight is 377 g/mol. The van der Waals surface area contributed by atoms with Gasteiger partial charge >= 0.3 is 14.2 Å². The maximum absolute atomic E-state index is 6.41. The minimum absolute atomic E-state index is 0.132. The van der Waals surface area contributed by atoms with E-state index < -0.39 is 0 Å². The van der Waals surface area contributed by atoms with Crippen molar-refractivity contribution in [1.82, 2.24) is 5.32 Å². The molecule has 0 amide bonds. The Morgan fingerprint density at radius 3 is 1.70 bits per heavy atom. The first-order chi connectivity index (χ1) is 12.3. The Labute approximate surface area is 165 Å². The summed E-state index contributed by atoms with van der Waals surface area (Å²) in [5, 5.41) is 3.88. The van der Waals surface area contributed by atoms with Crippen molar-refractivity contribution >= 4 is 14.2 Å². The Kier molecular flexibility index (Phi) is 4.65. The predicted octanol–water partition coefficient (Wildman–Crippen LogP) is 3.61. The number of nitrogens with one attached hydrogen (secondary N) is 1. The fraction of sp³-hybridized carbons (Fsp3) is 1.00. The molecule has 4 atom stereocenters. The molecule has 4 rings (SSSR count). The largest absolute Gasteiger partial charge is 0.476 e. The van der Waals surface area contributed by atoms with Gasteiger partial charge in [0.15, 0.2) is 0 Å². The van der Waals surface area contributed by atoms with Gasteiger partial charge in [0.05, 0.1) is 22.4 Å². The molecular weight excluding hydrogens is 340 g/mol. The smallest absolute Gasteiger partial charge is 0.403 e. The van der Waals surface area contributed by atoms with E-state index in [0.29, 0.717) is 17.8 Å². The van der Waals surface area contributed by atoms with Crippen molar-refractivity contribution in [3.63, 3.8) is 0 Å². The topological polar surface area (TPSA) is 49.0 Å². The summed E-state index contributed by atoms with van der Waals surface area (Å²) in [6.07, 6.45) is 4.77. The molecule has 1 saturated carbocycles. The Morgan fingerprint density at radius 2 is 1.19 bits per heavy atom. The van der Waals surface area contributed by atoms with Crippen LogP contribution in [-0.4, -0.2) is 48.6 Å². The van der Waals surface area contributed by atoms with Gasteiger partial charge in [-0.1, -0.05) is 12.8 Å². The van der Waals surface area contributed by atoms with Gasteiger partial charge in [0.25, 0.3) is 0 Å². The van der Waals surface area contributed by atoms with Crippen molar-refractivity contribution in [2.45, 2.75) is 121 Å². The van der Waals surface area contributed by atoms with Crippen molar-refractivity contribution in [1.29, 1.82) is 0 Å². The Hall–Kier alpha value is -0.0701. The van der Waals surface area contributed by atoms with Crippen LogP contribution in [0.4, 0.5) is 0 Å². The molecule has 27 heavy (non-hydrogen) atoms. The van der Waals surface area contributed by atoms with Crippen molar-refractivity contribution in [2.24, 2.45) is 5.92 Å². The zero-order valence-corrected chi connectivity index (χ0v) is 18.4. The monoisotopic (exact) mass is 377 g/mol. The summed E-state index contributed by atoms with van der Waals surface area (Å²) < 4.78 is 25.5. The van der Waals surface area contributed by atoms with Crippen LogP contribution in [0.5, 0.6) is 0 Å². The third kappa shape index (κ3) is 3.22. The van der Waals surface area contributed by atoms with E-state index in [1.165, 1.54) is 12.8 Å². The zero-order chi connectivity index (χ0) is 19.8. The fourth-order valence-corrected chi connectivity index (χ4v) is 5.10. The van der Waals surface area contributed by atoms with E-state index >= 15 is 0 Å². The molecule has 3 aliphatic heterocycles. The highest BCUT2D eigenvalue weighted by Crippen LogP contribution is 2.49. The first kappa shape index (κ1) is 20.2. The molecule has 4 fully saturated rings. The zero-order valence-electron chi connectivity index (χ0n) is 18.4. The lowest BCUT2D eigenvalue weighted by atomic mass is 9.59. The van der Waals surface area contributed by atoms with Gasteiger partial charge in [-0.3, -0.25) is 0 Å². The molecule has 0 radical (unpaired) electrons. The summed E-state index contributed by atoms with van der Waals surface area (Å²) in [7, 11) is -0.313. The lowest BCUT2D eigenvalue weighted by molar-refractivity contribution is 0.00578. The molecular formula is C20H37B2NO4. The van der Waals surface area contributed by atoms with Crippen LogP contribution in [0.2, 0.25) is 5.82 Å². The highest BCUT2D eigenvalue weighted by molar-refractivity contribution is 6.49. The van der Waals surface area contributed by atoms with Gasteiger partial charge < -0.3 is 23.9 Å². The number of rotatable bonds is 2. The number of hydrogen-bond donors (Lipinski definition) is 1. The highest BCUT2D eigenvalue weighted by atomic mass is 16.7. The summed E-state index contributed by atoms with van der Waals surface area (Å²) in [6.45, 7) is 17.1. The molecule has 4 aliphatic rings. The summed E-state index contributed by atoms with van der Waals surface area (Å²) >= 11 is 0. The quantitative estimate of drug-likeness (QED) is 0.746. The lowest BCUT2D eigenvalue weighted by Gasteiger charge is -2.35. The van der Waals surface area contributed by atoms with E-state index in [0.717, 1.165) is 12.8 Å². The molecule has 152 valence electrons. The molecule has 0 spiro atoms. The van der Waals surface area contributed by atoms with Gasteiger partial charge in [0.2, 0.25) is 0 Å². The van der Waals surface area contributed by atoms with Crippen LogP contribution in [0.25, 0.3) is 0 Å². The summed E-state index contributed by atoms with van der Waals surface area (Å²) in [6, 6.07) is 0.414. The summed E-state index contributed by atoms with van der Waals surface area (Å²) in [5.74, 6) is 1.27. The van der Waals surface area contributed by atoms with Crippen molar-refractivity contribution in [3.05, 3.63) is 0 Å². The van der Waals surface area contributed by atoms with Crippen LogP contribution in [0.1, 0.15) is 81.1 Å². The van der Waals surface area contributed by atoms with E-state index in [1.807, 2.05) is 0 Å². The Morgan fingerprint density at radius 1 is 0.704 bits per heavy atom. The average Bonchev–Trinajstić information content (AvgIpc) is 3.10. The Bertz CT molecular complexity index is 563. The second kappa shape index (κ2) is 6.21. The Balaban J connectivity index is 1.47. The van der Waals surface area contributed by atoms with Crippen LogP contribution in [0.3, 0.4) is 0 Å². The molecule has 0 aromatic heterocycles. The van der Waals surface area contributed by atoms with Crippen LogP contribution < -0.4 is 5.32 Å². The maximum Gasteiger partial charge on any atom is 0.476 e. The second-order valence-electron chi connectivity index (χ2n) is 11.1. The van der Waals surface area contributed by atoms with Crippen molar-refractivity contribution in [2.75, 3.05) is 0 Å². The molecule has 0 aromatic carbocycles. The minimum atomic E-state index is -0.280. The third-order valence-corrected chi connectivity index (χ3v) is 8.27. The molecule has 3 heterocycles. The van der Waals surface area contributed by atoms with Crippen LogP contribution in [0, 0.1) is 5.92 Å². The molecule has 1 N–H and O–H groups in total. The molecule has 5 nitrogen and oxygen atoms in total. The maximum atomic E-state index is 6.41. The van der Waals surface area contributed by atoms with Crippen LogP contribution in [0.15, 0.2) is 0 Å². The molecule has 4 unspecified atom stereocenters. The number of fused-ring (bicyclic) bond motifs is 1. The van der Waals surface area contributed by atoms with E-state index in [9.17, 15) is 0 Å². The third-order valence-electron chi connectivity index (χ3n) is 8.27. The standard InChI is InChI=1S/C20H37B2NO4/c1-17(2)18(3,4)25-21(24-17)14-11-9-10-13-12-15(23-16(13)14)22-26-19(5,6)20(7,8)27-22/h13-16,23H,9-12H2,1-8H3. The van der Waals surface area contributed by atoms with E-state index in [2.05, 4.69) is 60.7 Å². The van der Waals surface area contributed by atoms with Gasteiger partial charge in [-0.25, -0.2) is 0 Å². The van der Waals surface area contributed by atoms with Gasteiger partial charge in [-0.15, -0.1) is 0 Å².